The second-order valence-corrected chi connectivity index (χ2v) is 9.46. The standard InChI is InChI=1S/C26H22FIN4O4/c1-15(33)29-19-10-7-17(8-11-19)23-25(35)32(26(36)31-23)22(13-16-5-3-2-4-6-16)24(34)30-21-12-9-18(28)14-20(21)27/h2-12,14,22-23H,13H2,1H3,(H,29,33)(H,30,34)(H,31,36)/t22?,23-/m1/s1. The molecule has 3 aromatic rings. The Bertz CT molecular complexity index is 1320. The van der Waals surface area contributed by atoms with E-state index in [1.165, 1.54) is 19.1 Å². The number of carbonyl (C=O) groups excluding carboxylic acids is 4. The van der Waals surface area contributed by atoms with Crippen molar-refractivity contribution in [3.8, 4) is 0 Å². The van der Waals surface area contributed by atoms with Gasteiger partial charge in [0.25, 0.3) is 5.91 Å². The van der Waals surface area contributed by atoms with Gasteiger partial charge >= 0.3 is 6.03 Å². The first kappa shape index (κ1) is 25.3. The molecular formula is C26H22FIN4O4. The summed E-state index contributed by atoms with van der Waals surface area (Å²) < 4.78 is 15.1. The van der Waals surface area contributed by atoms with Crippen molar-refractivity contribution < 1.29 is 23.6 Å². The number of rotatable bonds is 7. The van der Waals surface area contributed by atoms with Crippen molar-refractivity contribution in [1.82, 2.24) is 10.2 Å². The number of hydrogen-bond acceptors (Lipinski definition) is 4. The van der Waals surface area contributed by atoms with E-state index in [4.69, 9.17) is 0 Å². The molecule has 0 saturated carbocycles. The van der Waals surface area contributed by atoms with Crippen molar-refractivity contribution in [2.75, 3.05) is 10.6 Å². The summed E-state index contributed by atoms with van der Waals surface area (Å²) in [5.74, 6) is -2.16. The molecule has 3 aromatic carbocycles. The van der Waals surface area contributed by atoms with Crippen LogP contribution < -0.4 is 16.0 Å². The Morgan fingerprint density at radius 2 is 1.72 bits per heavy atom. The van der Waals surface area contributed by atoms with Gasteiger partial charge in [-0.15, -0.1) is 0 Å². The Hall–Kier alpha value is -3.80. The molecule has 36 heavy (non-hydrogen) atoms. The number of nitrogens with zero attached hydrogens (tertiary/aromatic N) is 1. The molecule has 3 N–H and O–H groups in total. The van der Waals surface area contributed by atoms with Gasteiger partial charge in [-0.05, 0) is 64.0 Å². The molecule has 0 spiro atoms. The number of urea groups is 1. The van der Waals surface area contributed by atoms with Crippen LogP contribution in [0.5, 0.6) is 0 Å². The molecule has 1 saturated heterocycles. The van der Waals surface area contributed by atoms with E-state index in [0.717, 1.165) is 10.5 Å². The maximum absolute atomic E-state index is 14.4. The van der Waals surface area contributed by atoms with E-state index in [1.54, 1.807) is 54.6 Å². The molecule has 1 unspecified atom stereocenters. The number of amides is 5. The zero-order valence-electron chi connectivity index (χ0n) is 19.1. The molecular weight excluding hydrogens is 578 g/mol. The lowest BCUT2D eigenvalue weighted by atomic mass is 10.0. The fraction of sp³-hybridized carbons (Fsp3) is 0.154. The van der Waals surface area contributed by atoms with Crippen molar-refractivity contribution in [3.05, 3.63) is 93.3 Å². The third-order valence-electron chi connectivity index (χ3n) is 5.61. The van der Waals surface area contributed by atoms with Gasteiger partial charge in [0.2, 0.25) is 11.8 Å². The summed E-state index contributed by atoms with van der Waals surface area (Å²) in [6.07, 6.45) is 0.0476. The summed E-state index contributed by atoms with van der Waals surface area (Å²) in [6.45, 7) is 1.38. The van der Waals surface area contributed by atoms with E-state index >= 15 is 0 Å². The second-order valence-electron chi connectivity index (χ2n) is 8.21. The van der Waals surface area contributed by atoms with Crippen molar-refractivity contribution in [2.45, 2.75) is 25.4 Å². The molecule has 5 amide bonds. The molecule has 10 heteroatoms. The monoisotopic (exact) mass is 600 g/mol. The maximum atomic E-state index is 14.4. The third-order valence-corrected chi connectivity index (χ3v) is 6.28. The van der Waals surface area contributed by atoms with Crippen LogP contribution in [0, 0.1) is 9.39 Å². The zero-order valence-corrected chi connectivity index (χ0v) is 21.3. The fourth-order valence-corrected chi connectivity index (χ4v) is 4.38. The molecule has 1 aliphatic heterocycles. The number of benzene rings is 3. The topological polar surface area (TPSA) is 108 Å². The Labute approximate surface area is 220 Å². The Kier molecular flexibility index (Phi) is 7.63. The average Bonchev–Trinajstić information content (AvgIpc) is 3.13. The van der Waals surface area contributed by atoms with Crippen LogP contribution in [-0.4, -0.2) is 34.7 Å². The highest BCUT2D eigenvalue weighted by atomic mass is 127. The Morgan fingerprint density at radius 3 is 2.36 bits per heavy atom. The van der Waals surface area contributed by atoms with E-state index in [9.17, 15) is 23.6 Å². The number of hydrogen-bond donors (Lipinski definition) is 3. The van der Waals surface area contributed by atoms with Gasteiger partial charge in [0.15, 0.2) is 0 Å². The summed E-state index contributed by atoms with van der Waals surface area (Å²) in [4.78, 5) is 51.8. The molecule has 184 valence electrons. The molecule has 0 aromatic heterocycles. The molecule has 8 nitrogen and oxygen atoms in total. The van der Waals surface area contributed by atoms with Gasteiger partial charge in [0.05, 0.1) is 5.69 Å². The van der Waals surface area contributed by atoms with Crippen LogP contribution in [0.25, 0.3) is 0 Å². The van der Waals surface area contributed by atoms with Crippen LogP contribution in [0.1, 0.15) is 24.1 Å². The largest absolute Gasteiger partial charge is 0.326 e. The quantitative estimate of drug-likeness (QED) is 0.279. The number of anilines is 2. The second kappa shape index (κ2) is 10.9. The maximum Gasteiger partial charge on any atom is 0.325 e. The predicted octanol–water partition coefficient (Wildman–Crippen LogP) is 4.23. The Balaban J connectivity index is 1.61. The molecule has 2 atom stereocenters. The molecule has 0 aliphatic carbocycles. The summed E-state index contributed by atoms with van der Waals surface area (Å²) in [5, 5.41) is 7.79. The van der Waals surface area contributed by atoms with Gasteiger partial charge in [0, 0.05) is 22.6 Å². The normalized spacial score (nSPS) is 15.9. The number of nitrogens with one attached hydrogen (secondary N) is 3. The van der Waals surface area contributed by atoms with E-state index in [1.807, 2.05) is 28.7 Å². The molecule has 1 fully saturated rings. The van der Waals surface area contributed by atoms with E-state index in [0.29, 0.717) is 14.8 Å². The lowest BCUT2D eigenvalue weighted by Gasteiger charge is -2.25. The Morgan fingerprint density at radius 1 is 1.03 bits per heavy atom. The van der Waals surface area contributed by atoms with E-state index < -0.39 is 35.7 Å². The van der Waals surface area contributed by atoms with Gasteiger partial charge in [-0.1, -0.05) is 42.5 Å². The molecule has 1 heterocycles. The van der Waals surface area contributed by atoms with E-state index in [2.05, 4.69) is 16.0 Å². The first-order chi connectivity index (χ1) is 17.2. The SMILES string of the molecule is CC(=O)Nc1ccc([C@H]2NC(=O)N(C(Cc3ccccc3)C(=O)Nc3ccc(I)cc3F)C2=O)cc1. The number of halogens is 2. The van der Waals surface area contributed by atoms with E-state index in [-0.39, 0.29) is 18.0 Å². The van der Waals surface area contributed by atoms with Crippen molar-refractivity contribution in [1.29, 1.82) is 0 Å². The lowest BCUT2D eigenvalue weighted by molar-refractivity contribution is -0.134. The first-order valence-electron chi connectivity index (χ1n) is 11.0. The van der Waals surface area contributed by atoms with Gasteiger partial charge in [-0.25, -0.2) is 14.1 Å². The van der Waals surface area contributed by atoms with Crippen molar-refractivity contribution >= 4 is 57.7 Å². The summed E-state index contributed by atoms with van der Waals surface area (Å²) in [6, 6.07) is 16.8. The van der Waals surface area contributed by atoms with Gasteiger partial charge in [-0.2, -0.15) is 0 Å². The molecule has 0 radical (unpaired) electrons. The first-order valence-corrected chi connectivity index (χ1v) is 12.1. The zero-order chi connectivity index (χ0) is 25.8. The molecule has 1 aliphatic rings. The lowest BCUT2D eigenvalue weighted by Crippen LogP contribution is -2.49. The van der Waals surface area contributed by atoms with Crippen molar-refractivity contribution in [3.63, 3.8) is 0 Å². The summed E-state index contributed by atoms with van der Waals surface area (Å²) in [5.41, 5.74) is 1.72. The van der Waals surface area contributed by atoms with Crippen LogP contribution in [0.15, 0.2) is 72.8 Å². The van der Waals surface area contributed by atoms with Crippen LogP contribution in [0.3, 0.4) is 0 Å². The highest BCUT2D eigenvalue weighted by Gasteiger charge is 2.45. The summed E-state index contributed by atoms with van der Waals surface area (Å²) in [7, 11) is 0. The minimum Gasteiger partial charge on any atom is -0.326 e. The summed E-state index contributed by atoms with van der Waals surface area (Å²) >= 11 is 1.96. The highest BCUT2D eigenvalue weighted by molar-refractivity contribution is 14.1. The third kappa shape index (κ3) is 5.70. The van der Waals surface area contributed by atoms with Gasteiger partial charge in [0.1, 0.15) is 17.9 Å². The van der Waals surface area contributed by atoms with Crippen LogP contribution in [-0.2, 0) is 20.8 Å². The van der Waals surface area contributed by atoms with Crippen LogP contribution in [0.2, 0.25) is 0 Å². The highest BCUT2D eigenvalue weighted by Crippen LogP contribution is 2.27. The van der Waals surface area contributed by atoms with Crippen LogP contribution in [0.4, 0.5) is 20.6 Å². The average molecular weight is 600 g/mol. The minimum atomic E-state index is -1.22. The molecule has 4 rings (SSSR count). The minimum absolute atomic E-state index is 0.0457. The molecule has 0 bridgehead atoms. The van der Waals surface area contributed by atoms with Gasteiger partial charge < -0.3 is 16.0 Å². The number of imide groups is 1. The predicted molar refractivity (Wildman–Crippen MR) is 141 cm³/mol. The fourth-order valence-electron chi connectivity index (χ4n) is 3.92. The van der Waals surface area contributed by atoms with Gasteiger partial charge in [-0.3, -0.25) is 14.4 Å². The van der Waals surface area contributed by atoms with Crippen molar-refractivity contribution in [2.24, 2.45) is 0 Å². The number of carbonyl (C=O) groups is 4. The smallest absolute Gasteiger partial charge is 0.325 e. The van der Waals surface area contributed by atoms with Crippen LogP contribution >= 0.6 is 22.6 Å².